The predicted molar refractivity (Wildman–Crippen MR) is 89.6 cm³/mol. The lowest BCUT2D eigenvalue weighted by Crippen LogP contribution is -2.39. The third-order valence-electron chi connectivity index (χ3n) is 4.62. The molecular weight excluding hydrogens is 256 g/mol. The van der Waals surface area contributed by atoms with Crippen LogP contribution in [0, 0.1) is 5.92 Å². The molecule has 0 saturated heterocycles. The number of fused-ring (bicyclic) bond motifs is 1. The first-order valence-corrected chi connectivity index (χ1v) is 8.13. The molecule has 1 N–H and O–H groups in total. The SMILES string of the molecule is CC(C)(C)NCC1CCCC1c1cccc2cccnc12. The number of nitrogens with zero attached hydrogens (tertiary/aromatic N) is 1. The number of hydrogen-bond acceptors (Lipinski definition) is 2. The molecule has 1 aromatic heterocycles. The summed E-state index contributed by atoms with van der Waals surface area (Å²) < 4.78 is 0. The molecule has 0 amide bonds. The smallest absolute Gasteiger partial charge is 0.0736 e. The highest BCUT2D eigenvalue weighted by atomic mass is 14.9. The Morgan fingerprint density at radius 3 is 2.76 bits per heavy atom. The van der Waals surface area contributed by atoms with Gasteiger partial charge in [-0.3, -0.25) is 4.98 Å². The summed E-state index contributed by atoms with van der Waals surface area (Å²) in [6.07, 6.45) is 5.89. The minimum atomic E-state index is 0.199. The Bertz CT molecular complexity index is 607. The van der Waals surface area contributed by atoms with Gasteiger partial charge >= 0.3 is 0 Å². The van der Waals surface area contributed by atoms with Crippen LogP contribution in [0.4, 0.5) is 0 Å². The molecule has 1 aliphatic carbocycles. The molecule has 0 aliphatic heterocycles. The summed E-state index contributed by atoms with van der Waals surface area (Å²) in [7, 11) is 0. The molecule has 1 aliphatic rings. The molecule has 2 atom stereocenters. The number of aromatic nitrogens is 1. The van der Waals surface area contributed by atoms with Crippen LogP contribution in [0.2, 0.25) is 0 Å². The van der Waals surface area contributed by atoms with Crippen LogP contribution >= 0.6 is 0 Å². The molecule has 1 heterocycles. The Balaban J connectivity index is 1.87. The average Bonchev–Trinajstić information content (AvgIpc) is 2.92. The number of pyridine rings is 1. The second-order valence-electron chi connectivity index (χ2n) is 7.35. The number of benzene rings is 1. The van der Waals surface area contributed by atoms with E-state index in [2.05, 4.69) is 55.3 Å². The van der Waals surface area contributed by atoms with Crippen molar-refractivity contribution in [3.05, 3.63) is 42.1 Å². The Labute approximate surface area is 128 Å². The molecule has 1 saturated carbocycles. The molecule has 2 nitrogen and oxygen atoms in total. The van der Waals surface area contributed by atoms with E-state index in [0.29, 0.717) is 5.92 Å². The summed E-state index contributed by atoms with van der Waals surface area (Å²) >= 11 is 0. The van der Waals surface area contributed by atoms with Crippen LogP contribution in [0.5, 0.6) is 0 Å². The van der Waals surface area contributed by atoms with Crippen molar-refractivity contribution in [2.45, 2.75) is 51.5 Å². The summed E-state index contributed by atoms with van der Waals surface area (Å²) in [6, 6.07) is 10.8. The fourth-order valence-electron chi connectivity index (χ4n) is 3.55. The minimum absolute atomic E-state index is 0.199. The summed E-state index contributed by atoms with van der Waals surface area (Å²) in [6.45, 7) is 7.85. The first-order valence-electron chi connectivity index (χ1n) is 8.13. The van der Waals surface area contributed by atoms with E-state index in [4.69, 9.17) is 0 Å². The van der Waals surface area contributed by atoms with E-state index in [-0.39, 0.29) is 5.54 Å². The van der Waals surface area contributed by atoms with Crippen molar-refractivity contribution in [1.82, 2.24) is 10.3 Å². The number of nitrogens with one attached hydrogen (secondary N) is 1. The zero-order valence-electron chi connectivity index (χ0n) is 13.4. The lowest BCUT2D eigenvalue weighted by atomic mass is 9.87. The van der Waals surface area contributed by atoms with E-state index in [1.165, 1.54) is 35.7 Å². The normalized spacial score (nSPS) is 22.8. The number of para-hydroxylation sites is 1. The van der Waals surface area contributed by atoms with Gasteiger partial charge in [0.2, 0.25) is 0 Å². The first kappa shape index (κ1) is 14.5. The standard InChI is InChI=1S/C19H26N2/c1-19(2,3)21-13-15-8-5-10-16(15)17-11-4-7-14-9-6-12-20-18(14)17/h4,6-7,9,11-12,15-16,21H,5,8,10,13H2,1-3H3. The van der Waals surface area contributed by atoms with Gasteiger partial charge in [0.05, 0.1) is 5.52 Å². The fourth-order valence-corrected chi connectivity index (χ4v) is 3.55. The maximum atomic E-state index is 4.65. The molecule has 0 radical (unpaired) electrons. The second kappa shape index (κ2) is 5.76. The molecule has 3 rings (SSSR count). The molecule has 2 heteroatoms. The van der Waals surface area contributed by atoms with Crippen LogP contribution in [0.3, 0.4) is 0 Å². The molecule has 0 spiro atoms. The molecule has 1 aromatic carbocycles. The summed E-state index contributed by atoms with van der Waals surface area (Å²) in [4.78, 5) is 4.65. The van der Waals surface area contributed by atoms with Gasteiger partial charge in [-0.05, 0) is 63.6 Å². The van der Waals surface area contributed by atoms with Gasteiger partial charge in [0.1, 0.15) is 0 Å². The van der Waals surface area contributed by atoms with Gasteiger partial charge in [-0.1, -0.05) is 30.7 Å². The predicted octanol–water partition coefficient (Wildman–Crippen LogP) is 4.51. The van der Waals surface area contributed by atoms with Crippen LogP contribution in [-0.2, 0) is 0 Å². The van der Waals surface area contributed by atoms with E-state index in [1.54, 1.807) is 0 Å². The Morgan fingerprint density at radius 1 is 1.14 bits per heavy atom. The Morgan fingerprint density at radius 2 is 1.95 bits per heavy atom. The van der Waals surface area contributed by atoms with Crippen molar-refractivity contribution in [3.8, 4) is 0 Å². The van der Waals surface area contributed by atoms with Gasteiger partial charge in [-0.2, -0.15) is 0 Å². The van der Waals surface area contributed by atoms with Crippen molar-refractivity contribution in [1.29, 1.82) is 0 Å². The van der Waals surface area contributed by atoms with Crippen LogP contribution in [0.15, 0.2) is 36.5 Å². The summed E-state index contributed by atoms with van der Waals surface area (Å²) in [5, 5.41) is 4.96. The van der Waals surface area contributed by atoms with Gasteiger partial charge in [0, 0.05) is 17.1 Å². The molecule has 21 heavy (non-hydrogen) atoms. The van der Waals surface area contributed by atoms with E-state index in [0.717, 1.165) is 12.5 Å². The van der Waals surface area contributed by atoms with Crippen molar-refractivity contribution in [2.75, 3.05) is 6.54 Å². The van der Waals surface area contributed by atoms with Gasteiger partial charge in [0.25, 0.3) is 0 Å². The van der Waals surface area contributed by atoms with E-state index >= 15 is 0 Å². The van der Waals surface area contributed by atoms with Crippen molar-refractivity contribution >= 4 is 10.9 Å². The monoisotopic (exact) mass is 282 g/mol. The van der Waals surface area contributed by atoms with Gasteiger partial charge < -0.3 is 5.32 Å². The quantitative estimate of drug-likeness (QED) is 0.896. The highest BCUT2D eigenvalue weighted by Gasteiger charge is 2.30. The van der Waals surface area contributed by atoms with Crippen molar-refractivity contribution < 1.29 is 0 Å². The summed E-state index contributed by atoms with van der Waals surface area (Å²) in [5.41, 5.74) is 2.85. The molecule has 112 valence electrons. The van der Waals surface area contributed by atoms with Crippen LogP contribution < -0.4 is 5.32 Å². The molecule has 2 unspecified atom stereocenters. The van der Waals surface area contributed by atoms with E-state index < -0.39 is 0 Å². The maximum Gasteiger partial charge on any atom is 0.0736 e. The molecule has 2 aromatic rings. The van der Waals surface area contributed by atoms with Gasteiger partial charge in [0.15, 0.2) is 0 Å². The Hall–Kier alpha value is -1.41. The fraction of sp³-hybridized carbons (Fsp3) is 0.526. The Kier molecular flexibility index (Phi) is 3.99. The minimum Gasteiger partial charge on any atom is -0.312 e. The highest BCUT2D eigenvalue weighted by Crippen LogP contribution is 2.41. The number of rotatable bonds is 3. The zero-order chi connectivity index (χ0) is 14.9. The molecular formula is C19H26N2. The molecule has 0 bridgehead atoms. The van der Waals surface area contributed by atoms with E-state index in [1.807, 2.05) is 12.3 Å². The van der Waals surface area contributed by atoms with Crippen LogP contribution in [-0.4, -0.2) is 17.1 Å². The van der Waals surface area contributed by atoms with Gasteiger partial charge in [-0.15, -0.1) is 0 Å². The van der Waals surface area contributed by atoms with Crippen LogP contribution in [0.25, 0.3) is 10.9 Å². The van der Waals surface area contributed by atoms with Crippen LogP contribution in [0.1, 0.15) is 51.5 Å². The van der Waals surface area contributed by atoms with Crippen molar-refractivity contribution in [2.24, 2.45) is 5.92 Å². The third kappa shape index (κ3) is 3.26. The highest BCUT2D eigenvalue weighted by molar-refractivity contribution is 5.82. The lowest BCUT2D eigenvalue weighted by molar-refractivity contribution is 0.357. The maximum absolute atomic E-state index is 4.65. The lowest BCUT2D eigenvalue weighted by Gasteiger charge is -2.27. The number of hydrogen-bond donors (Lipinski definition) is 1. The molecule has 1 fully saturated rings. The van der Waals surface area contributed by atoms with Gasteiger partial charge in [-0.25, -0.2) is 0 Å². The average molecular weight is 282 g/mol. The largest absolute Gasteiger partial charge is 0.312 e. The van der Waals surface area contributed by atoms with Crippen molar-refractivity contribution in [3.63, 3.8) is 0 Å². The topological polar surface area (TPSA) is 24.9 Å². The van der Waals surface area contributed by atoms with E-state index in [9.17, 15) is 0 Å². The first-order chi connectivity index (χ1) is 10.0. The summed E-state index contributed by atoms with van der Waals surface area (Å²) in [5.74, 6) is 1.38. The third-order valence-corrected chi connectivity index (χ3v) is 4.62. The second-order valence-corrected chi connectivity index (χ2v) is 7.35. The zero-order valence-corrected chi connectivity index (χ0v) is 13.4.